The molecule has 5 rings (SSSR count). The Balaban J connectivity index is 1.18. The minimum atomic E-state index is -3.24. The molecule has 2 aromatic rings. The number of carbonyl (C=O) groups is 2. The number of nitrogens with zero attached hydrogens (tertiary/aromatic N) is 3. The first kappa shape index (κ1) is 30.5. The van der Waals surface area contributed by atoms with E-state index in [4.69, 9.17) is 9.57 Å². The molecule has 10 heteroatoms. The van der Waals surface area contributed by atoms with Gasteiger partial charge in [-0.3, -0.25) is 4.79 Å². The minimum absolute atomic E-state index is 0.217. The fraction of sp³-hybridized carbons (Fsp3) is 0.562. The van der Waals surface area contributed by atoms with Gasteiger partial charge in [0.25, 0.3) is 0 Å². The molecule has 3 fully saturated rings. The first-order valence-corrected chi connectivity index (χ1v) is 16.7. The average molecular weight is 598 g/mol. The van der Waals surface area contributed by atoms with Gasteiger partial charge in [-0.1, -0.05) is 42.5 Å². The van der Waals surface area contributed by atoms with E-state index in [9.17, 15) is 18.0 Å². The molecule has 0 N–H and O–H groups in total. The van der Waals surface area contributed by atoms with E-state index < -0.39 is 21.6 Å². The van der Waals surface area contributed by atoms with Gasteiger partial charge >= 0.3 is 6.16 Å². The van der Waals surface area contributed by atoms with Crippen LogP contribution in [0.15, 0.2) is 59.5 Å². The molecule has 1 spiro atoms. The van der Waals surface area contributed by atoms with Gasteiger partial charge in [0.05, 0.1) is 10.3 Å². The number of ether oxygens (including phenoxy) is 1. The molecule has 3 aliphatic rings. The van der Waals surface area contributed by atoms with Crippen LogP contribution in [0.25, 0.3) is 0 Å². The van der Waals surface area contributed by atoms with Gasteiger partial charge in [0.15, 0.2) is 9.84 Å². The summed E-state index contributed by atoms with van der Waals surface area (Å²) < 4.78 is 28.9. The summed E-state index contributed by atoms with van der Waals surface area (Å²) in [6.07, 6.45) is 3.04. The molecular formula is C32H43N3O6S. The van der Waals surface area contributed by atoms with Gasteiger partial charge in [0.2, 0.25) is 5.91 Å². The zero-order chi connectivity index (χ0) is 30.1. The van der Waals surface area contributed by atoms with Crippen molar-refractivity contribution >= 4 is 21.9 Å². The van der Waals surface area contributed by atoms with Crippen molar-refractivity contribution in [3.05, 3.63) is 65.7 Å². The monoisotopic (exact) mass is 597 g/mol. The highest BCUT2D eigenvalue weighted by molar-refractivity contribution is 7.90. The van der Waals surface area contributed by atoms with Crippen molar-refractivity contribution in [3.8, 4) is 0 Å². The van der Waals surface area contributed by atoms with Crippen molar-refractivity contribution in [2.75, 3.05) is 45.5 Å². The molecule has 3 heterocycles. The average Bonchev–Trinajstić information content (AvgIpc) is 3.45. The van der Waals surface area contributed by atoms with Gasteiger partial charge in [-0.25, -0.2) is 13.2 Å². The lowest BCUT2D eigenvalue weighted by Crippen LogP contribution is -2.46. The van der Waals surface area contributed by atoms with Crippen molar-refractivity contribution in [1.82, 2.24) is 14.9 Å². The third kappa shape index (κ3) is 7.15. The predicted octanol–water partition coefficient (Wildman–Crippen LogP) is 4.49. The Labute approximate surface area is 249 Å². The van der Waals surface area contributed by atoms with E-state index in [1.807, 2.05) is 43.9 Å². The number of hydroxylamine groups is 2. The topological polar surface area (TPSA) is 96.5 Å². The van der Waals surface area contributed by atoms with Crippen molar-refractivity contribution in [1.29, 1.82) is 0 Å². The largest absolute Gasteiger partial charge is 0.528 e. The molecule has 1 amide bonds. The van der Waals surface area contributed by atoms with Crippen LogP contribution in [-0.2, 0) is 30.8 Å². The lowest BCUT2D eigenvalue weighted by Gasteiger charge is -2.39. The molecule has 228 valence electrons. The second-order valence-corrected chi connectivity index (χ2v) is 15.2. The maximum atomic E-state index is 13.6. The molecule has 42 heavy (non-hydrogen) atoms. The highest BCUT2D eigenvalue weighted by atomic mass is 32.2. The molecule has 0 saturated carbocycles. The van der Waals surface area contributed by atoms with E-state index in [-0.39, 0.29) is 23.2 Å². The molecule has 2 atom stereocenters. The summed E-state index contributed by atoms with van der Waals surface area (Å²) in [5.41, 5.74) is 1.24. The Hall–Kier alpha value is -2.95. The number of hydrogen-bond acceptors (Lipinski definition) is 8. The third-order valence-corrected chi connectivity index (χ3v) is 9.99. The number of rotatable bonds is 7. The summed E-state index contributed by atoms with van der Waals surface area (Å²) in [5.74, 6) is 0.714. The van der Waals surface area contributed by atoms with Crippen molar-refractivity contribution in [3.63, 3.8) is 0 Å². The molecule has 0 aromatic heterocycles. The first-order chi connectivity index (χ1) is 19.8. The molecule has 0 aliphatic carbocycles. The van der Waals surface area contributed by atoms with Gasteiger partial charge < -0.3 is 19.4 Å². The summed E-state index contributed by atoms with van der Waals surface area (Å²) in [6.45, 7) is 10.5. The molecule has 3 aliphatic heterocycles. The summed E-state index contributed by atoms with van der Waals surface area (Å²) in [7, 11) is -3.24. The minimum Gasteiger partial charge on any atom is -0.427 e. The summed E-state index contributed by atoms with van der Waals surface area (Å²) in [4.78, 5) is 36.2. The number of amides is 1. The lowest BCUT2D eigenvalue weighted by atomic mass is 9.76. The zero-order valence-corrected chi connectivity index (χ0v) is 25.9. The second-order valence-electron chi connectivity index (χ2n) is 13.2. The Morgan fingerprint density at radius 3 is 2.21 bits per heavy atom. The van der Waals surface area contributed by atoms with Gasteiger partial charge in [-0.2, -0.15) is 0 Å². The number of hydrogen-bond donors (Lipinski definition) is 0. The van der Waals surface area contributed by atoms with Crippen LogP contribution in [0.4, 0.5) is 4.79 Å². The smallest absolute Gasteiger partial charge is 0.427 e. The van der Waals surface area contributed by atoms with Crippen LogP contribution < -0.4 is 0 Å². The van der Waals surface area contributed by atoms with E-state index in [1.165, 1.54) is 11.8 Å². The number of sulfone groups is 1. The normalized spacial score (nSPS) is 23.4. The van der Waals surface area contributed by atoms with E-state index in [1.54, 1.807) is 29.3 Å². The Morgan fingerprint density at radius 2 is 1.60 bits per heavy atom. The first-order valence-electron chi connectivity index (χ1n) is 14.8. The Bertz CT molecular complexity index is 1370. The highest BCUT2D eigenvalue weighted by Gasteiger charge is 2.48. The molecule has 0 radical (unpaired) electrons. The molecule has 2 aromatic carbocycles. The van der Waals surface area contributed by atoms with Crippen LogP contribution in [0.2, 0.25) is 0 Å². The van der Waals surface area contributed by atoms with E-state index in [0.717, 1.165) is 51.0 Å². The molecule has 0 bridgehead atoms. The van der Waals surface area contributed by atoms with Gasteiger partial charge in [-0.05, 0) is 82.3 Å². The maximum absolute atomic E-state index is 13.6. The highest BCUT2D eigenvalue weighted by Crippen LogP contribution is 2.43. The van der Waals surface area contributed by atoms with Crippen LogP contribution >= 0.6 is 0 Å². The van der Waals surface area contributed by atoms with Crippen molar-refractivity contribution in [2.45, 2.75) is 63.0 Å². The lowest BCUT2D eigenvalue weighted by molar-refractivity contribution is -0.139. The van der Waals surface area contributed by atoms with Crippen molar-refractivity contribution < 1.29 is 27.6 Å². The number of likely N-dealkylation sites (tertiary alicyclic amines) is 2. The summed E-state index contributed by atoms with van der Waals surface area (Å²) in [6, 6.07) is 17.2. The predicted molar refractivity (Wildman–Crippen MR) is 159 cm³/mol. The van der Waals surface area contributed by atoms with E-state index in [0.29, 0.717) is 24.5 Å². The number of benzene rings is 2. The van der Waals surface area contributed by atoms with Gasteiger partial charge in [0.1, 0.15) is 5.60 Å². The van der Waals surface area contributed by atoms with Crippen LogP contribution in [-0.4, -0.2) is 86.5 Å². The fourth-order valence-corrected chi connectivity index (χ4v) is 7.24. The standard InChI is InChI=1S/C32H43N3O6S/c1-31(2,3)40-30(37)41-35-22-26(28(23-35)25-8-6-5-7-9-25)21-33-17-14-32(15-18-33)16-19-34(29(32)36)20-24-10-12-27(13-11-24)42(4,38)39/h5-13,26,28H,14-23H2,1-4H3/t26-,28+/m0/s1. The number of carbonyl (C=O) groups excluding carboxylic acids is 2. The van der Waals surface area contributed by atoms with Crippen LogP contribution in [0, 0.1) is 11.3 Å². The van der Waals surface area contributed by atoms with Crippen LogP contribution in [0.1, 0.15) is 57.1 Å². The SMILES string of the molecule is CC(C)(C)OC(=O)ON1C[C@H](CN2CCC3(CC2)CCN(Cc2ccc(S(C)(=O)=O)cc2)C3=O)[C@@H](c2ccccc2)C1. The molecular weight excluding hydrogens is 554 g/mol. The number of piperidine rings is 1. The third-order valence-electron chi connectivity index (χ3n) is 8.86. The Kier molecular flexibility index (Phi) is 8.70. The molecule has 9 nitrogen and oxygen atoms in total. The fourth-order valence-electron chi connectivity index (χ4n) is 6.61. The van der Waals surface area contributed by atoms with E-state index >= 15 is 0 Å². The van der Waals surface area contributed by atoms with Gasteiger partial charge in [0, 0.05) is 44.9 Å². The van der Waals surface area contributed by atoms with Crippen LogP contribution in [0.5, 0.6) is 0 Å². The summed E-state index contributed by atoms with van der Waals surface area (Å²) >= 11 is 0. The Morgan fingerprint density at radius 1 is 0.952 bits per heavy atom. The zero-order valence-electron chi connectivity index (χ0n) is 25.1. The van der Waals surface area contributed by atoms with E-state index in [2.05, 4.69) is 17.0 Å². The van der Waals surface area contributed by atoms with Crippen LogP contribution in [0.3, 0.4) is 0 Å². The molecule has 0 unspecified atom stereocenters. The van der Waals surface area contributed by atoms with Gasteiger partial charge in [-0.15, -0.1) is 5.06 Å². The second kappa shape index (κ2) is 12.0. The quantitative estimate of drug-likeness (QED) is 0.431. The summed E-state index contributed by atoms with van der Waals surface area (Å²) in [5, 5.41) is 1.74. The maximum Gasteiger partial charge on any atom is 0.528 e. The molecule has 3 saturated heterocycles. The van der Waals surface area contributed by atoms with Crippen molar-refractivity contribution in [2.24, 2.45) is 11.3 Å².